The molecule has 0 spiro atoms. The van der Waals surface area contributed by atoms with Crippen LogP contribution >= 0.6 is 0 Å². The molecule has 4 nitrogen and oxygen atoms in total. The lowest BCUT2D eigenvalue weighted by molar-refractivity contribution is -0.122. The van der Waals surface area contributed by atoms with E-state index in [1.165, 1.54) is 0 Å². The largest absolute Gasteiger partial charge is 0.273 e. The topological polar surface area (TPSA) is 54.4 Å². The van der Waals surface area contributed by atoms with E-state index in [0.717, 1.165) is 24.1 Å². The number of amides is 1. The van der Waals surface area contributed by atoms with Crippen LogP contribution in [0.1, 0.15) is 25.3 Å². The Kier molecular flexibility index (Phi) is 2.76. The monoisotopic (exact) mass is 203 g/mol. The van der Waals surface area contributed by atoms with Gasteiger partial charge in [-0.05, 0) is 25.8 Å². The molecule has 1 aliphatic rings. The fourth-order valence-corrected chi connectivity index (χ4v) is 1.22. The highest BCUT2D eigenvalue weighted by Crippen LogP contribution is 2.28. The molecule has 0 aromatic carbocycles. The van der Waals surface area contributed by atoms with Crippen molar-refractivity contribution >= 4 is 11.6 Å². The molecular weight excluding hydrogens is 190 g/mol. The van der Waals surface area contributed by atoms with Crippen molar-refractivity contribution in [1.82, 2.24) is 10.4 Å². The van der Waals surface area contributed by atoms with E-state index in [1.807, 2.05) is 19.1 Å². The van der Waals surface area contributed by atoms with Crippen LogP contribution in [0.5, 0.6) is 0 Å². The lowest BCUT2D eigenvalue weighted by atomic mass is 10.2. The maximum atomic E-state index is 11.3. The number of rotatable bonds is 3. The molecule has 1 fully saturated rings. The fourth-order valence-electron chi connectivity index (χ4n) is 1.22. The second kappa shape index (κ2) is 4.21. The Balaban J connectivity index is 1.97. The van der Waals surface area contributed by atoms with Gasteiger partial charge in [-0.3, -0.25) is 9.78 Å². The molecule has 1 amide bonds. The molecule has 0 aliphatic heterocycles. The third kappa shape index (κ3) is 2.62. The average Bonchev–Trinajstić information content (AvgIpc) is 3.10. The molecule has 1 heterocycles. The zero-order chi connectivity index (χ0) is 10.7. The number of pyridine rings is 1. The number of nitrogens with zero attached hydrogens (tertiary/aromatic N) is 2. The van der Waals surface area contributed by atoms with E-state index in [1.54, 1.807) is 12.4 Å². The molecule has 78 valence electrons. The lowest BCUT2D eigenvalue weighted by Gasteiger charge is -2.00. The van der Waals surface area contributed by atoms with Crippen LogP contribution < -0.4 is 5.43 Å². The fraction of sp³-hybridized carbons (Fsp3) is 0.364. The van der Waals surface area contributed by atoms with Crippen molar-refractivity contribution in [2.75, 3.05) is 0 Å². The second-order valence-corrected chi connectivity index (χ2v) is 3.69. The first-order valence-electron chi connectivity index (χ1n) is 5.02. The van der Waals surface area contributed by atoms with Crippen LogP contribution in [0.2, 0.25) is 0 Å². The average molecular weight is 203 g/mol. The molecule has 0 radical (unpaired) electrons. The molecule has 1 saturated carbocycles. The third-order valence-electron chi connectivity index (χ3n) is 2.36. The van der Waals surface area contributed by atoms with E-state index in [4.69, 9.17) is 0 Å². The highest BCUT2D eigenvalue weighted by atomic mass is 16.2. The molecule has 1 aromatic rings. The van der Waals surface area contributed by atoms with Crippen LogP contribution in [-0.2, 0) is 4.79 Å². The van der Waals surface area contributed by atoms with Crippen molar-refractivity contribution in [1.29, 1.82) is 0 Å². The molecule has 0 unspecified atom stereocenters. The van der Waals surface area contributed by atoms with Gasteiger partial charge in [0, 0.05) is 23.9 Å². The summed E-state index contributed by atoms with van der Waals surface area (Å²) in [5.41, 5.74) is 4.26. The number of hydrogen-bond donors (Lipinski definition) is 1. The van der Waals surface area contributed by atoms with Gasteiger partial charge in [0.05, 0.1) is 5.71 Å². The normalized spacial score (nSPS) is 16.2. The zero-order valence-corrected chi connectivity index (χ0v) is 8.60. The van der Waals surface area contributed by atoms with E-state index >= 15 is 0 Å². The third-order valence-corrected chi connectivity index (χ3v) is 2.36. The summed E-state index contributed by atoms with van der Waals surface area (Å²) >= 11 is 0. The predicted molar refractivity (Wildman–Crippen MR) is 57.3 cm³/mol. The summed E-state index contributed by atoms with van der Waals surface area (Å²) in [5, 5.41) is 4.03. The van der Waals surface area contributed by atoms with E-state index in [9.17, 15) is 4.79 Å². The summed E-state index contributed by atoms with van der Waals surface area (Å²) in [5.74, 6) is 0.216. The zero-order valence-electron chi connectivity index (χ0n) is 8.60. The summed E-state index contributed by atoms with van der Waals surface area (Å²) in [6.45, 7) is 1.85. The molecule has 2 rings (SSSR count). The minimum absolute atomic E-state index is 0.0261. The molecular formula is C11H13N3O. The van der Waals surface area contributed by atoms with Crippen LogP contribution in [-0.4, -0.2) is 16.6 Å². The number of hydrazone groups is 1. The van der Waals surface area contributed by atoms with Gasteiger partial charge in [0.2, 0.25) is 5.91 Å². The molecule has 1 N–H and O–H groups in total. The Morgan fingerprint density at radius 3 is 3.00 bits per heavy atom. The second-order valence-electron chi connectivity index (χ2n) is 3.69. The number of aromatic nitrogens is 1. The van der Waals surface area contributed by atoms with Gasteiger partial charge in [0.25, 0.3) is 0 Å². The summed E-state index contributed by atoms with van der Waals surface area (Å²) in [6, 6.07) is 3.76. The van der Waals surface area contributed by atoms with Gasteiger partial charge in [0.1, 0.15) is 0 Å². The highest BCUT2D eigenvalue weighted by Gasteiger charge is 2.29. The van der Waals surface area contributed by atoms with Crippen molar-refractivity contribution in [3.05, 3.63) is 30.1 Å². The van der Waals surface area contributed by atoms with Crippen LogP contribution in [0, 0.1) is 5.92 Å². The minimum atomic E-state index is 0.0261. The van der Waals surface area contributed by atoms with Gasteiger partial charge in [-0.1, -0.05) is 6.07 Å². The molecule has 15 heavy (non-hydrogen) atoms. The van der Waals surface area contributed by atoms with E-state index < -0.39 is 0 Å². The summed E-state index contributed by atoms with van der Waals surface area (Å²) in [6.07, 6.45) is 5.42. The molecule has 0 saturated heterocycles. The van der Waals surface area contributed by atoms with Crippen molar-refractivity contribution in [3.8, 4) is 0 Å². The first-order valence-corrected chi connectivity index (χ1v) is 5.02. The smallest absolute Gasteiger partial charge is 0.243 e. The number of carbonyl (C=O) groups excluding carboxylic acids is 1. The van der Waals surface area contributed by atoms with Gasteiger partial charge >= 0.3 is 0 Å². The minimum Gasteiger partial charge on any atom is -0.273 e. The van der Waals surface area contributed by atoms with Crippen LogP contribution in [0.15, 0.2) is 29.6 Å². The number of nitrogens with one attached hydrogen (secondary N) is 1. The summed E-state index contributed by atoms with van der Waals surface area (Å²) in [7, 11) is 0. The maximum absolute atomic E-state index is 11.3. The van der Waals surface area contributed by atoms with Crippen molar-refractivity contribution < 1.29 is 4.79 Å². The molecule has 1 aromatic heterocycles. The summed E-state index contributed by atoms with van der Waals surface area (Å²) < 4.78 is 0. The van der Waals surface area contributed by atoms with Gasteiger partial charge in [-0.25, -0.2) is 5.43 Å². The van der Waals surface area contributed by atoms with Crippen molar-refractivity contribution in [3.63, 3.8) is 0 Å². The SMILES string of the molecule is CC(=NNC(=O)C1CC1)c1cccnc1. The Labute approximate surface area is 88.4 Å². The predicted octanol–water partition coefficient (Wildman–Crippen LogP) is 1.33. The van der Waals surface area contributed by atoms with Gasteiger partial charge in [0.15, 0.2) is 0 Å². The van der Waals surface area contributed by atoms with E-state index in [-0.39, 0.29) is 11.8 Å². The number of hydrogen-bond acceptors (Lipinski definition) is 3. The van der Waals surface area contributed by atoms with E-state index in [0.29, 0.717) is 0 Å². The quantitative estimate of drug-likeness (QED) is 0.595. The first kappa shape index (κ1) is 9.83. The molecule has 4 heteroatoms. The number of carbonyl (C=O) groups is 1. The van der Waals surface area contributed by atoms with Gasteiger partial charge in [-0.2, -0.15) is 5.10 Å². The Morgan fingerprint density at radius 1 is 1.60 bits per heavy atom. The standard InChI is InChI=1S/C11H13N3O/c1-8(10-3-2-6-12-7-10)13-14-11(15)9-4-5-9/h2-3,6-7,9H,4-5H2,1H3,(H,14,15). The lowest BCUT2D eigenvalue weighted by Crippen LogP contribution is -2.20. The Bertz CT molecular complexity index is 382. The molecule has 0 atom stereocenters. The first-order chi connectivity index (χ1) is 7.27. The van der Waals surface area contributed by atoms with Crippen molar-refractivity contribution in [2.45, 2.75) is 19.8 Å². The molecule has 0 bridgehead atoms. The van der Waals surface area contributed by atoms with Crippen molar-refractivity contribution in [2.24, 2.45) is 11.0 Å². The van der Waals surface area contributed by atoms with Crippen LogP contribution in [0.4, 0.5) is 0 Å². The Morgan fingerprint density at radius 2 is 2.40 bits per heavy atom. The van der Waals surface area contributed by atoms with E-state index in [2.05, 4.69) is 15.5 Å². The van der Waals surface area contributed by atoms with Gasteiger partial charge < -0.3 is 0 Å². The van der Waals surface area contributed by atoms with Crippen LogP contribution in [0.3, 0.4) is 0 Å². The Hall–Kier alpha value is -1.71. The van der Waals surface area contributed by atoms with Gasteiger partial charge in [-0.15, -0.1) is 0 Å². The summed E-state index contributed by atoms with van der Waals surface area (Å²) in [4.78, 5) is 15.3. The highest BCUT2D eigenvalue weighted by molar-refractivity contribution is 5.99. The maximum Gasteiger partial charge on any atom is 0.243 e. The molecule has 1 aliphatic carbocycles. The van der Waals surface area contributed by atoms with Crippen LogP contribution in [0.25, 0.3) is 0 Å².